The monoisotopic (exact) mass is 423 g/mol. The normalized spacial score (nSPS) is 10.8. The summed E-state index contributed by atoms with van der Waals surface area (Å²) < 4.78 is 0. The number of halogens is 1. The van der Waals surface area contributed by atoms with E-state index in [-0.39, 0.29) is 11.2 Å². The lowest BCUT2D eigenvalue weighted by atomic mass is 10.1. The number of hydrogen-bond acceptors (Lipinski definition) is 6. The molecule has 0 spiro atoms. The zero-order valence-corrected chi connectivity index (χ0v) is 17.2. The molecule has 29 heavy (non-hydrogen) atoms. The van der Waals surface area contributed by atoms with Crippen molar-refractivity contribution < 1.29 is 4.79 Å². The Kier molecular flexibility index (Phi) is 5.69. The Labute approximate surface area is 177 Å². The van der Waals surface area contributed by atoms with E-state index in [0.717, 1.165) is 26.2 Å². The fourth-order valence-electron chi connectivity index (χ4n) is 2.90. The molecular weight excluding hydrogens is 406 g/mol. The van der Waals surface area contributed by atoms with Crippen molar-refractivity contribution in [2.24, 2.45) is 0 Å². The zero-order valence-electron chi connectivity index (χ0n) is 15.6. The fraction of sp³-hybridized carbons (Fsp3) is 0.143. The van der Waals surface area contributed by atoms with Crippen LogP contribution >= 0.6 is 22.9 Å². The van der Waals surface area contributed by atoms with Gasteiger partial charge in [-0.3, -0.25) is 9.78 Å². The SMILES string of the molecule is Cc1cc2c(NCc3ccc(C(=O)NCc4cccnc4)cc3)nc(Cl)nc2s1. The van der Waals surface area contributed by atoms with Crippen LogP contribution < -0.4 is 10.6 Å². The molecule has 0 aliphatic carbocycles. The molecule has 8 heteroatoms. The second kappa shape index (κ2) is 8.55. The summed E-state index contributed by atoms with van der Waals surface area (Å²) in [5, 5.41) is 7.40. The smallest absolute Gasteiger partial charge is 0.251 e. The van der Waals surface area contributed by atoms with E-state index < -0.39 is 0 Å². The van der Waals surface area contributed by atoms with Crippen molar-refractivity contribution in [2.75, 3.05) is 5.32 Å². The summed E-state index contributed by atoms with van der Waals surface area (Å²) in [5.41, 5.74) is 2.60. The van der Waals surface area contributed by atoms with Gasteiger partial charge in [-0.2, -0.15) is 0 Å². The molecule has 2 N–H and O–H groups in total. The van der Waals surface area contributed by atoms with E-state index in [0.29, 0.717) is 24.5 Å². The Balaban J connectivity index is 1.39. The average Bonchev–Trinajstić information content (AvgIpc) is 3.11. The summed E-state index contributed by atoms with van der Waals surface area (Å²) in [6, 6.07) is 13.3. The number of fused-ring (bicyclic) bond motifs is 1. The highest BCUT2D eigenvalue weighted by molar-refractivity contribution is 7.18. The first-order valence-electron chi connectivity index (χ1n) is 9.02. The number of rotatable bonds is 6. The molecule has 1 amide bonds. The number of hydrogen-bond donors (Lipinski definition) is 2. The first-order valence-corrected chi connectivity index (χ1v) is 10.2. The lowest BCUT2D eigenvalue weighted by molar-refractivity contribution is 0.0951. The molecule has 0 aliphatic heterocycles. The third-order valence-electron chi connectivity index (χ3n) is 4.34. The topological polar surface area (TPSA) is 79.8 Å². The van der Waals surface area contributed by atoms with Crippen LogP contribution in [0.3, 0.4) is 0 Å². The molecule has 4 aromatic rings. The first-order chi connectivity index (χ1) is 14.1. The molecule has 3 heterocycles. The summed E-state index contributed by atoms with van der Waals surface area (Å²) in [5.74, 6) is 0.592. The predicted molar refractivity (Wildman–Crippen MR) is 116 cm³/mol. The minimum atomic E-state index is -0.119. The number of amides is 1. The number of thiophene rings is 1. The van der Waals surface area contributed by atoms with Crippen LogP contribution in [-0.2, 0) is 13.1 Å². The Bertz CT molecular complexity index is 1150. The van der Waals surface area contributed by atoms with Gasteiger partial charge in [-0.15, -0.1) is 11.3 Å². The zero-order chi connectivity index (χ0) is 20.2. The van der Waals surface area contributed by atoms with Crippen LogP contribution in [0.2, 0.25) is 5.28 Å². The third-order valence-corrected chi connectivity index (χ3v) is 5.45. The van der Waals surface area contributed by atoms with Gasteiger partial charge in [-0.25, -0.2) is 9.97 Å². The lowest BCUT2D eigenvalue weighted by Crippen LogP contribution is -2.22. The van der Waals surface area contributed by atoms with Crippen LogP contribution in [0.15, 0.2) is 54.9 Å². The molecule has 0 saturated carbocycles. The summed E-state index contributed by atoms with van der Waals surface area (Å²) in [6.07, 6.45) is 3.44. The molecule has 0 bridgehead atoms. The van der Waals surface area contributed by atoms with Crippen LogP contribution in [0.4, 0.5) is 5.82 Å². The number of aromatic nitrogens is 3. The minimum absolute atomic E-state index is 0.119. The Morgan fingerprint density at radius 1 is 1.10 bits per heavy atom. The summed E-state index contributed by atoms with van der Waals surface area (Å²) in [7, 11) is 0. The van der Waals surface area contributed by atoms with Gasteiger partial charge in [0, 0.05) is 35.9 Å². The fourth-order valence-corrected chi connectivity index (χ4v) is 4.00. The van der Waals surface area contributed by atoms with Gasteiger partial charge < -0.3 is 10.6 Å². The van der Waals surface area contributed by atoms with E-state index in [1.165, 1.54) is 0 Å². The molecule has 0 saturated heterocycles. The van der Waals surface area contributed by atoms with Crippen molar-refractivity contribution >= 4 is 44.9 Å². The Morgan fingerprint density at radius 3 is 2.69 bits per heavy atom. The summed E-state index contributed by atoms with van der Waals surface area (Å²) >= 11 is 7.63. The van der Waals surface area contributed by atoms with E-state index >= 15 is 0 Å². The van der Waals surface area contributed by atoms with Crippen molar-refractivity contribution in [1.29, 1.82) is 0 Å². The molecular formula is C21H18ClN5OS. The van der Waals surface area contributed by atoms with Gasteiger partial charge >= 0.3 is 0 Å². The largest absolute Gasteiger partial charge is 0.365 e. The number of carbonyl (C=O) groups is 1. The van der Waals surface area contributed by atoms with Crippen molar-refractivity contribution in [1.82, 2.24) is 20.3 Å². The Hall–Kier alpha value is -3.03. The Morgan fingerprint density at radius 2 is 1.93 bits per heavy atom. The number of carbonyl (C=O) groups excluding carboxylic acids is 1. The molecule has 1 aromatic carbocycles. The van der Waals surface area contributed by atoms with Crippen LogP contribution in [0.1, 0.15) is 26.4 Å². The highest BCUT2D eigenvalue weighted by Gasteiger charge is 2.10. The number of benzene rings is 1. The molecule has 3 aromatic heterocycles. The number of pyridine rings is 1. The lowest BCUT2D eigenvalue weighted by Gasteiger charge is -2.09. The predicted octanol–water partition coefficient (Wildman–Crippen LogP) is 4.59. The summed E-state index contributed by atoms with van der Waals surface area (Å²) in [6.45, 7) is 3.04. The standard InChI is InChI=1S/C21H18ClN5OS/c1-13-9-17-18(26-21(22)27-20(17)29-13)24-11-14-4-6-16(7-5-14)19(28)25-12-15-3-2-8-23-10-15/h2-10H,11-12H2,1H3,(H,25,28)(H,24,26,27). The van der Waals surface area contributed by atoms with Crippen molar-refractivity contribution in [3.05, 3.63) is 81.7 Å². The maximum atomic E-state index is 12.3. The van der Waals surface area contributed by atoms with Gasteiger partial charge in [0.05, 0.1) is 5.39 Å². The number of anilines is 1. The quantitative estimate of drug-likeness (QED) is 0.443. The van der Waals surface area contributed by atoms with Gasteiger partial charge in [-0.05, 0) is 53.9 Å². The molecule has 4 rings (SSSR count). The first kappa shape index (κ1) is 19.3. The minimum Gasteiger partial charge on any atom is -0.365 e. The highest BCUT2D eigenvalue weighted by atomic mass is 35.5. The molecule has 0 atom stereocenters. The van der Waals surface area contributed by atoms with Crippen LogP contribution in [0.5, 0.6) is 0 Å². The number of aryl methyl sites for hydroxylation is 1. The second-order valence-electron chi connectivity index (χ2n) is 6.51. The maximum absolute atomic E-state index is 12.3. The van der Waals surface area contributed by atoms with Crippen LogP contribution in [0, 0.1) is 6.92 Å². The molecule has 6 nitrogen and oxygen atoms in total. The molecule has 0 unspecified atom stereocenters. The van der Waals surface area contributed by atoms with E-state index in [4.69, 9.17) is 11.6 Å². The van der Waals surface area contributed by atoms with Crippen molar-refractivity contribution in [2.45, 2.75) is 20.0 Å². The maximum Gasteiger partial charge on any atom is 0.251 e. The number of nitrogens with one attached hydrogen (secondary N) is 2. The average molecular weight is 424 g/mol. The van der Waals surface area contributed by atoms with Gasteiger partial charge in [0.1, 0.15) is 10.6 Å². The van der Waals surface area contributed by atoms with E-state index in [1.54, 1.807) is 23.7 Å². The van der Waals surface area contributed by atoms with E-state index in [2.05, 4.69) is 25.6 Å². The van der Waals surface area contributed by atoms with Crippen LogP contribution in [0.25, 0.3) is 10.2 Å². The third kappa shape index (κ3) is 4.70. The molecule has 0 fully saturated rings. The van der Waals surface area contributed by atoms with E-state index in [1.807, 2.05) is 49.4 Å². The van der Waals surface area contributed by atoms with Gasteiger partial charge in [0.2, 0.25) is 5.28 Å². The van der Waals surface area contributed by atoms with Gasteiger partial charge in [0.15, 0.2) is 0 Å². The van der Waals surface area contributed by atoms with Crippen molar-refractivity contribution in [3.63, 3.8) is 0 Å². The van der Waals surface area contributed by atoms with E-state index in [9.17, 15) is 4.79 Å². The van der Waals surface area contributed by atoms with Gasteiger partial charge in [-0.1, -0.05) is 18.2 Å². The number of nitrogens with zero attached hydrogens (tertiary/aromatic N) is 3. The second-order valence-corrected chi connectivity index (χ2v) is 8.08. The molecule has 0 aliphatic rings. The molecule has 146 valence electrons. The molecule has 0 radical (unpaired) electrons. The van der Waals surface area contributed by atoms with Crippen molar-refractivity contribution in [3.8, 4) is 0 Å². The van der Waals surface area contributed by atoms with Crippen LogP contribution in [-0.4, -0.2) is 20.9 Å². The highest BCUT2D eigenvalue weighted by Crippen LogP contribution is 2.29. The van der Waals surface area contributed by atoms with Gasteiger partial charge in [0.25, 0.3) is 5.91 Å². The summed E-state index contributed by atoms with van der Waals surface area (Å²) in [4.78, 5) is 27.0.